The van der Waals surface area contributed by atoms with E-state index < -0.39 is 72.6 Å². The third kappa shape index (κ3) is 5.64. The first-order valence-electron chi connectivity index (χ1n) is 8.92. The maximum atomic E-state index is 13.6. The highest BCUT2D eigenvalue weighted by Gasteiger charge is 2.52. The second kappa shape index (κ2) is 8.90. The fraction of sp³-hybridized carbons (Fsp3) is 0.562. The molecule has 0 aliphatic carbocycles. The van der Waals surface area contributed by atoms with Crippen LogP contribution in [0.5, 0.6) is 0 Å². The Balaban J connectivity index is 2.72. The Kier molecular flexibility index (Phi) is 7.04. The molecule has 0 spiro atoms. The highest BCUT2D eigenvalue weighted by atomic mass is 19.4. The molecule has 7 nitrogen and oxygen atoms in total. The molecule has 0 aromatic carbocycles. The summed E-state index contributed by atoms with van der Waals surface area (Å²) in [6, 6.07) is -5.34. The van der Waals surface area contributed by atoms with Crippen molar-refractivity contribution < 1.29 is 39.5 Å². The van der Waals surface area contributed by atoms with Gasteiger partial charge in [-0.25, -0.2) is 4.98 Å². The molecule has 0 saturated carbocycles. The lowest BCUT2D eigenvalue weighted by Gasteiger charge is -2.39. The number of hydrogen-bond acceptors (Lipinski definition) is 7. The molecule has 2 aromatic rings. The number of hydrogen-bond donors (Lipinski definition) is 1. The molecule has 2 atom stereocenters. The van der Waals surface area contributed by atoms with Gasteiger partial charge in [-0.2, -0.15) is 54.5 Å². The number of alkyl halides is 9. The van der Waals surface area contributed by atoms with Gasteiger partial charge in [0, 0.05) is 0 Å². The molecule has 0 radical (unpaired) electrons. The summed E-state index contributed by atoms with van der Waals surface area (Å²) >= 11 is 0. The normalized spacial score (nSPS) is 14.8. The van der Waals surface area contributed by atoms with Crippen molar-refractivity contribution in [2.24, 2.45) is 0 Å². The zero-order valence-electron chi connectivity index (χ0n) is 16.4. The van der Waals surface area contributed by atoms with Gasteiger partial charge in [-0.3, -0.25) is 4.98 Å². The summed E-state index contributed by atoms with van der Waals surface area (Å²) < 4.78 is 120. The van der Waals surface area contributed by atoms with Crippen molar-refractivity contribution >= 4 is 11.9 Å². The van der Waals surface area contributed by atoms with Crippen molar-refractivity contribution in [2.45, 2.75) is 57.3 Å². The second-order valence-electron chi connectivity index (χ2n) is 6.44. The second-order valence-corrected chi connectivity index (χ2v) is 6.44. The predicted octanol–water partition coefficient (Wildman–Crippen LogP) is 4.42. The first-order chi connectivity index (χ1) is 14.6. The van der Waals surface area contributed by atoms with E-state index in [9.17, 15) is 39.5 Å². The van der Waals surface area contributed by atoms with Gasteiger partial charge in [-0.1, -0.05) is 13.8 Å². The molecule has 16 heteroatoms. The number of nitrogens with zero attached hydrogens (tertiary/aromatic N) is 6. The Morgan fingerprint density at radius 2 is 1.34 bits per heavy atom. The first-order valence-corrected chi connectivity index (χ1v) is 8.92. The van der Waals surface area contributed by atoms with Gasteiger partial charge < -0.3 is 10.6 Å². The molecule has 2 aromatic heterocycles. The number of anilines is 2. The van der Waals surface area contributed by atoms with Crippen LogP contribution in [0.4, 0.5) is 51.4 Å². The van der Waals surface area contributed by atoms with Crippen LogP contribution in [-0.4, -0.2) is 49.4 Å². The minimum atomic E-state index is -5.12. The van der Waals surface area contributed by atoms with E-state index in [4.69, 9.17) is 5.73 Å². The lowest BCUT2D eigenvalue weighted by atomic mass is 10.1. The highest BCUT2D eigenvalue weighted by molar-refractivity contribution is 5.53. The third-order valence-electron chi connectivity index (χ3n) is 4.23. The maximum Gasteiger partial charge on any atom is 0.434 e. The Morgan fingerprint density at radius 1 is 0.812 bits per heavy atom. The van der Waals surface area contributed by atoms with Gasteiger partial charge in [-0.05, 0) is 12.8 Å². The molecule has 2 rings (SSSR count). The molecule has 2 N–H and O–H groups in total. The molecule has 0 aliphatic heterocycles. The van der Waals surface area contributed by atoms with E-state index in [1.807, 2.05) is 0 Å². The van der Waals surface area contributed by atoms with E-state index in [2.05, 4.69) is 24.9 Å². The lowest BCUT2D eigenvalue weighted by Crippen LogP contribution is -2.56. The summed E-state index contributed by atoms with van der Waals surface area (Å²) in [4.78, 5) is 16.9. The summed E-state index contributed by atoms with van der Waals surface area (Å²) in [6.07, 6.45) is -15.7. The fourth-order valence-electron chi connectivity index (χ4n) is 2.89. The SMILES string of the molecule is CC[C@H](N(c1nc(N)nc(-c2cncc(C(F)(F)F)n2)n1)[C@@H](CC)C(F)(F)F)C(F)(F)F. The van der Waals surface area contributed by atoms with Crippen molar-refractivity contribution in [3.05, 3.63) is 18.1 Å². The molecule has 0 unspecified atom stereocenters. The number of nitrogens with two attached hydrogens (primary N) is 1. The smallest absolute Gasteiger partial charge is 0.368 e. The molecular formula is C16H16F9N7. The van der Waals surface area contributed by atoms with Crippen molar-refractivity contribution in [1.82, 2.24) is 24.9 Å². The number of nitrogen functional groups attached to an aromatic ring is 1. The van der Waals surface area contributed by atoms with Crippen molar-refractivity contribution in [3.63, 3.8) is 0 Å². The quantitative estimate of drug-likeness (QED) is 0.616. The highest BCUT2D eigenvalue weighted by Crippen LogP contribution is 2.38. The zero-order valence-corrected chi connectivity index (χ0v) is 16.4. The van der Waals surface area contributed by atoms with E-state index in [0.717, 1.165) is 20.0 Å². The van der Waals surface area contributed by atoms with Crippen molar-refractivity contribution in [3.8, 4) is 11.5 Å². The summed E-state index contributed by atoms with van der Waals surface area (Å²) in [5.74, 6) is -2.70. The van der Waals surface area contributed by atoms with E-state index in [0.29, 0.717) is 6.20 Å². The number of halogens is 9. The van der Waals surface area contributed by atoms with Crippen LogP contribution < -0.4 is 10.6 Å². The maximum absolute atomic E-state index is 13.6. The minimum Gasteiger partial charge on any atom is -0.368 e. The van der Waals surface area contributed by atoms with Crippen LogP contribution in [0.1, 0.15) is 32.4 Å². The number of aromatic nitrogens is 5. The number of rotatable bonds is 6. The van der Waals surface area contributed by atoms with E-state index in [-0.39, 0.29) is 4.90 Å². The van der Waals surface area contributed by atoms with Gasteiger partial charge >= 0.3 is 18.5 Å². The van der Waals surface area contributed by atoms with E-state index >= 15 is 0 Å². The van der Waals surface area contributed by atoms with Crippen LogP contribution in [0, 0.1) is 0 Å². The van der Waals surface area contributed by atoms with Crippen LogP contribution in [0.2, 0.25) is 0 Å². The van der Waals surface area contributed by atoms with Crippen LogP contribution in [0.25, 0.3) is 11.5 Å². The van der Waals surface area contributed by atoms with E-state index in [1.54, 1.807) is 0 Å². The van der Waals surface area contributed by atoms with Gasteiger partial charge in [0.1, 0.15) is 17.8 Å². The summed E-state index contributed by atoms with van der Waals surface area (Å²) in [7, 11) is 0. The van der Waals surface area contributed by atoms with Crippen molar-refractivity contribution in [1.29, 1.82) is 0 Å². The minimum absolute atomic E-state index is 0.0947. The Hall–Kier alpha value is -2.94. The predicted molar refractivity (Wildman–Crippen MR) is 93.0 cm³/mol. The molecule has 0 aliphatic rings. The molecular weight excluding hydrogens is 461 g/mol. The van der Waals surface area contributed by atoms with Crippen LogP contribution in [-0.2, 0) is 6.18 Å². The van der Waals surface area contributed by atoms with Gasteiger partial charge in [0.25, 0.3) is 0 Å². The average Bonchev–Trinajstić information content (AvgIpc) is 2.65. The largest absolute Gasteiger partial charge is 0.434 e. The molecule has 32 heavy (non-hydrogen) atoms. The third-order valence-corrected chi connectivity index (χ3v) is 4.23. The molecule has 0 fully saturated rings. The van der Waals surface area contributed by atoms with Crippen LogP contribution in [0.3, 0.4) is 0 Å². The fourth-order valence-corrected chi connectivity index (χ4v) is 2.89. The molecule has 2 heterocycles. The molecule has 0 amide bonds. The standard InChI is InChI=1S/C16H16F9N7/c1-3-9(15(20,21)22)32(10(4-2)16(23,24)25)13-30-11(29-12(26)31-13)7-5-27-6-8(28-7)14(17,18)19/h5-6,9-10H,3-4H2,1-2H3,(H2,26,29,30,31)/t9-,10-/m0/s1. The Bertz CT molecular complexity index is 905. The monoisotopic (exact) mass is 477 g/mol. The van der Waals surface area contributed by atoms with Gasteiger partial charge in [0.15, 0.2) is 11.5 Å². The molecule has 178 valence electrons. The van der Waals surface area contributed by atoms with Crippen molar-refractivity contribution in [2.75, 3.05) is 10.6 Å². The average molecular weight is 477 g/mol. The van der Waals surface area contributed by atoms with E-state index in [1.165, 1.54) is 0 Å². The Morgan fingerprint density at radius 3 is 1.78 bits per heavy atom. The zero-order chi connectivity index (χ0) is 24.5. The summed E-state index contributed by atoms with van der Waals surface area (Å²) in [5.41, 5.74) is 3.29. The summed E-state index contributed by atoms with van der Waals surface area (Å²) in [6.45, 7) is 2.02. The van der Waals surface area contributed by atoms with Crippen LogP contribution in [0.15, 0.2) is 12.4 Å². The van der Waals surface area contributed by atoms with Crippen LogP contribution >= 0.6 is 0 Å². The topological polar surface area (TPSA) is 93.7 Å². The molecule has 0 saturated heterocycles. The lowest BCUT2D eigenvalue weighted by molar-refractivity contribution is -0.175. The van der Waals surface area contributed by atoms with Gasteiger partial charge in [0.2, 0.25) is 11.9 Å². The van der Waals surface area contributed by atoms with Gasteiger partial charge in [0.05, 0.1) is 12.4 Å². The van der Waals surface area contributed by atoms with Gasteiger partial charge in [-0.15, -0.1) is 0 Å². The molecule has 0 bridgehead atoms. The first kappa shape index (κ1) is 25.3. The Labute approximate surface area is 174 Å². The summed E-state index contributed by atoms with van der Waals surface area (Å²) in [5, 5.41) is 0.